The van der Waals surface area contributed by atoms with Crippen molar-refractivity contribution in [2.75, 3.05) is 11.5 Å². The van der Waals surface area contributed by atoms with E-state index in [1.165, 1.54) is 5.75 Å². The average molecular weight is 172 g/mol. The maximum Gasteiger partial charge on any atom is 0.142 e. The Labute approximate surface area is 72.9 Å². The van der Waals surface area contributed by atoms with Gasteiger partial charge in [-0.05, 0) is 12.2 Å². The molecule has 1 nitrogen and oxygen atoms in total. The number of ketones is 1. The molecule has 0 aromatic heterocycles. The van der Waals surface area contributed by atoms with Gasteiger partial charge in [-0.25, -0.2) is 0 Å². The molecule has 2 heteroatoms. The quantitative estimate of drug-likeness (QED) is 0.604. The Hall–Kier alpha value is 0.0200. The van der Waals surface area contributed by atoms with Crippen LogP contribution in [0.1, 0.15) is 27.2 Å². The van der Waals surface area contributed by atoms with E-state index >= 15 is 0 Å². The van der Waals surface area contributed by atoms with Crippen LogP contribution in [0.25, 0.3) is 0 Å². The summed E-state index contributed by atoms with van der Waals surface area (Å²) < 4.78 is 0. The second kappa shape index (κ2) is 3.18. The monoisotopic (exact) mass is 172 g/mol. The summed E-state index contributed by atoms with van der Waals surface area (Å²) in [6.45, 7) is 6.04. The molecule has 0 saturated carbocycles. The zero-order valence-corrected chi connectivity index (χ0v) is 8.33. The average Bonchev–Trinajstić information content (AvgIpc) is 2.34. The molecule has 0 bridgehead atoms. The maximum atomic E-state index is 11.7. The molecule has 0 radical (unpaired) electrons. The van der Waals surface area contributed by atoms with E-state index in [-0.39, 0.29) is 5.41 Å². The smallest absolute Gasteiger partial charge is 0.142 e. The van der Waals surface area contributed by atoms with Crippen LogP contribution in [0.15, 0.2) is 0 Å². The van der Waals surface area contributed by atoms with Crippen molar-refractivity contribution >= 4 is 17.5 Å². The minimum atomic E-state index is -0.129. The zero-order valence-electron chi connectivity index (χ0n) is 7.52. The Morgan fingerprint density at radius 2 is 2.09 bits per heavy atom. The Morgan fingerprint density at radius 3 is 2.45 bits per heavy atom. The molecule has 1 heterocycles. The molecule has 0 amide bonds. The molecule has 11 heavy (non-hydrogen) atoms. The summed E-state index contributed by atoms with van der Waals surface area (Å²) in [5.41, 5.74) is -0.129. The van der Waals surface area contributed by atoms with Crippen LogP contribution in [-0.2, 0) is 4.79 Å². The second-order valence-electron chi connectivity index (χ2n) is 4.17. The van der Waals surface area contributed by atoms with Gasteiger partial charge in [0.25, 0.3) is 0 Å². The molecule has 1 saturated heterocycles. The lowest BCUT2D eigenvalue weighted by Crippen LogP contribution is -2.28. The topological polar surface area (TPSA) is 17.1 Å². The third kappa shape index (κ3) is 2.22. The minimum absolute atomic E-state index is 0.129. The summed E-state index contributed by atoms with van der Waals surface area (Å²) in [7, 11) is 0. The van der Waals surface area contributed by atoms with Crippen LogP contribution in [0.4, 0.5) is 0 Å². The van der Waals surface area contributed by atoms with Crippen LogP contribution in [0.3, 0.4) is 0 Å². The van der Waals surface area contributed by atoms with Crippen LogP contribution in [-0.4, -0.2) is 17.3 Å². The van der Waals surface area contributed by atoms with Crippen LogP contribution in [0, 0.1) is 11.3 Å². The summed E-state index contributed by atoms with van der Waals surface area (Å²) in [5, 5.41) is 0. The molecule has 1 aliphatic rings. The number of carbonyl (C=O) groups excluding carboxylic acids is 1. The summed E-state index contributed by atoms with van der Waals surface area (Å²) in [5.74, 6) is 3.02. The zero-order chi connectivity index (χ0) is 8.48. The van der Waals surface area contributed by atoms with Gasteiger partial charge in [-0.15, -0.1) is 0 Å². The lowest BCUT2D eigenvalue weighted by molar-refractivity contribution is -0.129. The van der Waals surface area contributed by atoms with Gasteiger partial charge in [0.15, 0.2) is 0 Å². The van der Waals surface area contributed by atoms with E-state index in [4.69, 9.17) is 0 Å². The first kappa shape index (κ1) is 9.11. The molecule has 0 aliphatic carbocycles. The number of carbonyl (C=O) groups is 1. The Kier molecular flexibility index (Phi) is 2.63. The lowest BCUT2D eigenvalue weighted by Gasteiger charge is -2.20. The molecule has 64 valence electrons. The Balaban J connectivity index is 2.53. The van der Waals surface area contributed by atoms with Crippen LogP contribution in [0.5, 0.6) is 0 Å². The lowest BCUT2D eigenvalue weighted by atomic mass is 9.83. The van der Waals surface area contributed by atoms with Crippen LogP contribution >= 0.6 is 11.8 Å². The van der Waals surface area contributed by atoms with E-state index in [0.29, 0.717) is 11.7 Å². The fourth-order valence-electron chi connectivity index (χ4n) is 1.35. The van der Waals surface area contributed by atoms with E-state index in [1.54, 1.807) is 0 Å². The molecule has 0 N–H and O–H groups in total. The first-order valence-corrected chi connectivity index (χ1v) is 5.29. The van der Waals surface area contributed by atoms with Gasteiger partial charge in [0, 0.05) is 17.1 Å². The molecular formula is C9H16OS. The summed E-state index contributed by atoms with van der Waals surface area (Å²) >= 11 is 1.91. The first-order chi connectivity index (χ1) is 5.02. The van der Waals surface area contributed by atoms with Crippen molar-refractivity contribution in [3.05, 3.63) is 0 Å². The highest BCUT2D eigenvalue weighted by atomic mass is 32.2. The van der Waals surface area contributed by atoms with Gasteiger partial charge < -0.3 is 0 Å². The maximum absolute atomic E-state index is 11.7. The Morgan fingerprint density at radius 1 is 1.45 bits per heavy atom. The fourth-order valence-corrected chi connectivity index (χ4v) is 2.57. The van der Waals surface area contributed by atoms with Gasteiger partial charge >= 0.3 is 0 Å². The third-order valence-corrected chi connectivity index (χ3v) is 3.20. The van der Waals surface area contributed by atoms with E-state index in [2.05, 4.69) is 0 Å². The van der Waals surface area contributed by atoms with Crippen molar-refractivity contribution in [2.45, 2.75) is 27.2 Å². The van der Waals surface area contributed by atoms with Gasteiger partial charge in [-0.3, -0.25) is 4.79 Å². The van der Waals surface area contributed by atoms with Crippen molar-refractivity contribution < 1.29 is 4.79 Å². The molecule has 1 aliphatic heterocycles. The standard InChI is InChI=1S/C9H16OS/c1-9(2,3)8(10)7-4-5-11-6-7/h7H,4-6H2,1-3H3. The van der Waals surface area contributed by atoms with Gasteiger partial charge in [-0.2, -0.15) is 11.8 Å². The molecule has 1 fully saturated rings. The molecule has 0 aromatic carbocycles. The molecule has 0 aromatic rings. The summed E-state index contributed by atoms with van der Waals surface area (Å²) in [4.78, 5) is 11.7. The summed E-state index contributed by atoms with van der Waals surface area (Å²) in [6, 6.07) is 0. The molecule has 0 spiro atoms. The molecular weight excluding hydrogens is 156 g/mol. The number of rotatable bonds is 1. The first-order valence-electron chi connectivity index (χ1n) is 4.14. The van der Waals surface area contributed by atoms with Gasteiger partial charge in [0.2, 0.25) is 0 Å². The number of Topliss-reactive ketones (excluding diaryl/α,β-unsaturated/α-hetero) is 1. The van der Waals surface area contributed by atoms with E-state index in [0.717, 1.165) is 12.2 Å². The normalized spacial score (nSPS) is 25.5. The molecule has 1 rings (SSSR count). The van der Waals surface area contributed by atoms with Crippen molar-refractivity contribution in [2.24, 2.45) is 11.3 Å². The van der Waals surface area contributed by atoms with Gasteiger partial charge in [0.1, 0.15) is 5.78 Å². The van der Waals surface area contributed by atoms with Crippen LogP contribution < -0.4 is 0 Å². The van der Waals surface area contributed by atoms with Crippen molar-refractivity contribution in [3.8, 4) is 0 Å². The number of thioether (sulfide) groups is 1. The molecule has 1 unspecified atom stereocenters. The van der Waals surface area contributed by atoms with Gasteiger partial charge in [-0.1, -0.05) is 20.8 Å². The summed E-state index contributed by atoms with van der Waals surface area (Å²) in [6.07, 6.45) is 1.10. The highest BCUT2D eigenvalue weighted by Gasteiger charge is 2.31. The van der Waals surface area contributed by atoms with Crippen molar-refractivity contribution in [1.82, 2.24) is 0 Å². The molecule has 1 atom stereocenters. The predicted molar refractivity (Wildman–Crippen MR) is 49.9 cm³/mol. The van der Waals surface area contributed by atoms with E-state index in [9.17, 15) is 4.79 Å². The van der Waals surface area contributed by atoms with Gasteiger partial charge in [0.05, 0.1) is 0 Å². The Bertz CT molecular complexity index is 151. The highest BCUT2D eigenvalue weighted by Crippen LogP contribution is 2.30. The largest absolute Gasteiger partial charge is 0.299 e. The van der Waals surface area contributed by atoms with E-state index in [1.807, 2.05) is 32.5 Å². The number of hydrogen-bond acceptors (Lipinski definition) is 2. The van der Waals surface area contributed by atoms with Crippen molar-refractivity contribution in [3.63, 3.8) is 0 Å². The van der Waals surface area contributed by atoms with E-state index < -0.39 is 0 Å². The minimum Gasteiger partial charge on any atom is -0.299 e. The second-order valence-corrected chi connectivity index (χ2v) is 5.32. The number of hydrogen-bond donors (Lipinski definition) is 0. The predicted octanol–water partition coefficient (Wildman–Crippen LogP) is 2.35. The van der Waals surface area contributed by atoms with Crippen molar-refractivity contribution in [1.29, 1.82) is 0 Å². The van der Waals surface area contributed by atoms with Crippen LogP contribution in [0.2, 0.25) is 0 Å². The third-order valence-electron chi connectivity index (χ3n) is 2.04. The highest BCUT2D eigenvalue weighted by molar-refractivity contribution is 7.99. The fraction of sp³-hybridized carbons (Fsp3) is 0.889. The SMILES string of the molecule is CC(C)(C)C(=O)C1CCSC1.